The van der Waals surface area contributed by atoms with Gasteiger partial charge in [-0.1, -0.05) is 50.5 Å². The van der Waals surface area contributed by atoms with Crippen molar-refractivity contribution in [3.63, 3.8) is 0 Å². The summed E-state index contributed by atoms with van der Waals surface area (Å²) in [6.45, 7) is 3.39. The Bertz CT molecular complexity index is 854. The second-order valence-corrected chi connectivity index (χ2v) is 6.66. The van der Waals surface area contributed by atoms with Crippen LogP contribution in [0.15, 0.2) is 33.9 Å². The van der Waals surface area contributed by atoms with Crippen LogP contribution >= 0.6 is 0 Å². The van der Waals surface area contributed by atoms with Gasteiger partial charge in [-0.3, -0.25) is 14.3 Å². The van der Waals surface area contributed by atoms with Gasteiger partial charge in [0.25, 0.3) is 5.56 Å². The summed E-state index contributed by atoms with van der Waals surface area (Å²) >= 11 is 0. The Kier molecular flexibility index (Phi) is 5.38. The lowest BCUT2D eigenvalue weighted by Crippen LogP contribution is -2.87. The first-order valence-corrected chi connectivity index (χ1v) is 9.10. The van der Waals surface area contributed by atoms with Crippen LogP contribution in [-0.4, -0.2) is 21.2 Å². The van der Waals surface area contributed by atoms with E-state index in [2.05, 4.69) is 23.3 Å². The molecule has 0 spiro atoms. The van der Waals surface area contributed by atoms with Crippen molar-refractivity contribution in [2.75, 3.05) is 6.54 Å². The molecule has 25 heavy (non-hydrogen) atoms. The standard InChI is InChI=1S/C19H25N3O3/c1-2-3-4-7-12-22-18(24)15(17(23)21-19(22)25)16-14-9-6-5-8-13(14)10-11-20-16/h5-6,8-9,16,20,24H,2-4,7,10-12H2,1H3,(H,21,23,25)/p+1/t16-/m1/s1. The number of benzene rings is 1. The van der Waals surface area contributed by atoms with Gasteiger partial charge in [0.05, 0.1) is 6.54 Å². The first kappa shape index (κ1) is 17.5. The van der Waals surface area contributed by atoms with Crippen LogP contribution in [0.5, 0.6) is 5.88 Å². The van der Waals surface area contributed by atoms with Gasteiger partial charge in [-0.15, -0.1) is 0 Å². The number of nitrogens with two attached hydrogens (primary N) is 1. The number of hydrogen-bond acceptors (Lipinski definition) is 3. The van der Waals surface area contributed by atoms with Crippen LogP contribution in [0.25, 0.3) is 0 Å². The third-order valence-corrected chi connectivity index (χ3v) is 4.96. The van der Waals surface area contributed by atoms with Crippen LogP contribution < -0.4 is 16.6 Å². The van der Waals surface area contributed by atoms with Gasteiger partial charge in [0, 0.05) is 18.5 Å². The fraction of sp³-hybridized carbons (Fsp3) is 0.474. The Hall–Kier alpha value is -2.34. The molecule has 0 fully saturated rings. The van der Waals surface area contributed by atoms with Gasteiger partial charge in [0.15, 0.2) is 0 Å². The fourth-order valence-corrected chi connectivity index (χ4v) is 3.63. The Balaban J connectivity index is 2.00. The summed E-state index contributed by atoms with van der Waals surface area (Å²) in [5.74, 6) is -0.191. The molecular weight excluding hydrogens is 318 g/mol. The highest BCUT2D eigenvalue weighted by Crippen LogP contribution is 2.27. The van der Waals surface area contributed by atoms with Crippen molar-refractivity contribution in [3.05, 3.63) is 61.8 Å². The zero-order valence-electron chi connectivity index (χ0n) is 14.6. The van der Waals surface area contributed by atoms with Crippen LogP contribution in [0.2, 0.25) is 0 Å². The van der Waals surface area contributed by atoms with Gasteiger partial charge in [0.1, 0.15) is 11.6 Å². The van der Waals surface area contributed by atoms with Gasteiger partial charge < -0.3 is 10.4 Å². The lowest BCUT2D eigenvalue weighted by atomic mass is 9.91. The molecule has 1 aromatic carbocycles. The molecule has 2 heterocycles. The predicted molar refractivity (Wildman–Crippen MR) is 95.9 cm³/mol. The molecule has 1 atom stereocenters. The van der Waals surface area contributed by atoms with Crippen LogP contribution in [0, 0.1) is 0 Å². The highest BCUT2D eigenvalue weighted by molar-refractivity contribution is 5.39. The number of unbranched alkanes of at least 4 members (excludes halogenated alkanes) is 3. The average molecular weight is 344 g/mol. The number of rotatable bonds is 6. The minimum absolute atomic E-state index is 0.191. The molecule has 0 radical (unpaired) electrons. The first-order chi connectivity index (χ1) is 12.1. The third kappa shape index (κ3) is 3.54. The van der Waals surface area contributed by atoms with Gasteiger partial charge >= 0.3 is 5.69 Å². The van der Waals surface area contributed by atoms with Gasteiger partial charge in [0.2, 0.25) is 5.88 Å². The Labute approximate surface area is 146 Å². The molecule has 0 amide bonds. The monoisotopic (exact) mass is 344 g/mol. The molecular formula is C19H26N3O3+. The van der Waals surface area contributed by atoms with Crippen molar-refractivity contribution in [2.45, 2.75) is 51.6 Å². The molecule has 3 rings (SSSR count). The summed E-state index contributed by atoms with van der Waals surface area (Å²) in [4.78, 5) is 27.0. The van der Waals surface area contributed by atoms with Crippen LogP contribution in [0.3, 0.4) is 0 Å². The number of aromatic amines is 1. The first-order valence-electron chi connectivity index (χ1n) is 9.10. The fourth-order valence-electron chi connectivity index (χ4n) is 3.63. The molecule has 4 N–H and O–H groups in total. The maximum Gasteiger partial charge on any atom is 0.331 e. The zero-order chi connectivity index (χ0) is 17.8. The number of quaternary nitrogens is 1. The van der Waals surface area contributed by atoms with Crippen molar-refractivity contribution in [2.24, 2.45) is 0 Å². The molecule has 0 bridgehead atoms. The lowest BCUT2D eigenvalue weighted by molar-refractivity contribution is -0.690. The number of nitrogens with one attached hydrogen (secondary N) is 1. The summed E-state index contributed by atoms with van der Waals surface area (Å²) in [6, 6.07) is 7.69. The van der Waals surface area contributed by atoms with E-state index >= 15 is 0 Å². The highest BCUT2D eigenvalue weighted by atomic mass is 16.3. The van der Waals surface area contributed by atoms with Crippen molar-refractivity contribution in [1.82, 2.24) is 9.55 Å². The van der Waals surface area contributed by atoms with E-state index in [-0.39, 0.29) is 17.5 Å². The molecule has 0 aliphatic carbocycles. The van der Waals surface area contributed by atoms with Crippen LogP contribution in [-0.2, 0) is 13.0 Å². The molecule has 0 saturated heterocycles. The summed E-state index contributed by atoms with van der Waals surface area (Å²) in [5.41, 5.74) is 1.47. The Morgan fingerprint density at radius 2 is 2.04 bits per heavy atom. The highest BCUT2D eigenvalue weighted by Gasteiger charge is 2.31. The quantitative estimate of drug-likeness (QED) is 0.684. The van der Waals surface area contributed by atoms with E-state index in [0.29, 0.717) is 6.54 Å². The van der Waals surface area contributed by atoms with E-state index in [4.69, 9.17) is 0 Å². The summed E-state index contributed by atoms with van der Waals surface area (Å²) in [5, 5.41) is 12.8. The van der Waals surface area contributed by atoms with Gasteiger partial charge in [-0.05, 0) is 12.0 Å². The van der Waals surface area contributed by atoms with Crippen LogP contribution in [0.4, 0.5) is 0 Å². The van der Waals surface area contributed by atoms with Gasteiger partial charge in [-0.25, -0.2) is 4.79 Å². The van der Waals surface area contributed by atoms with E-state index in [1.165, 1.54) is 10.1 Å². The van der Waals surface area contributed by atoms with Crippen molar-refractivity contribution >= 4 is 0 Å². The topological polar surface area (TPSA) is 91.7 Å². The normalized spacial score (nSPS) is 16.6. The second kappa shape index (κ2) is 7.70. The largest absolute Gasteiger partial charge is 0.494 e. The summed E-state index contributed by atoms with van der Waals surface area (Å²) in [6.07, 6.45) is 4.93. The van der Waals surface area contributed by atoms with Gasteiger partial charge in [-0.2, -0.15) is 0 Å². The molecule has 0 unspecified atom stereocenters. The van der Waals surface area contributed by atoms with Crippen molar-refractivity contribution < 1.29 is 10.4 Å². The maximum absolute atomic E-state index is 12.4. The SMILES string of the molecule is CCCCCCn1c(O)c([C@@H]2[NH2+]CCc3ccccc32)c(=O)[nH]c1=O. The second-order valence-electron chi connectivity index (χ2n) is 6.66. The molecule has 2 aromatic rings. The van der Waals surface area contributed by atoms with E-state index in [1.807, 2.05) is 18.2 Å². The number of nitrogens with zero attached hydrogens (tertiary/aromatic N) is 1. The molecule has 1 aromatic heterocycles. The number of aromatic hydroxyl groups is 1. The smallest absolute Gasteiger partial charge is 0.331 e. The van der Waals surface area contributed by atoms with Crippen LogP contribution in [0.1, 0.15) is 55.3 Å². The minimum atomic E-state index is -0.535. The molecule has 6 nitrogen and oxygen atoms in total. The zero-order valence-corrected chi connectivity index (χ0v) is 14.6. The average Bonchev–Trinajstić information content (AvgIpc) is 2.61. The summed E-state index contributed by atoms with van der Waals surface area (Å²) < 4.78 is 1.30. The predicted octanol–water partition coefficient (Wildman–Crippen LogP) is 1.03. The third-order valence-electron chi connectivity index (χ3n) is 4.96. The maximum atomic E-state index is 12.4. The molecule has 1 aliphatic heterocycles. The molecule has 134 valence electrons. The number of H-pyrrole nitrogens is 1. The molecule has 6 heteroatoms. The Morgan fingerprint density at radius 1 is 1.24 bits per heavy atom. The van der Waals surface area contributed by atoms with E-state index in [1.54, 1.807) is 0 Å². The van der Waals surface area contributed by atoms with E-state index in [9.17, 15) is 14.7 Å². The molecule has 1 aliphatic rings. The van der Waals surface area contributed by atoms with E-state index in [0.717, 1.165) is 44.2 Å². The molecule has 0 saturated carbocycles. The minimum Gasteiger partial charge on any atom is -0.494 e. The Morgan fingerprint density at radius 3 is 2.84 bits per heavy atom. The van der Waals surface area contributed by atoms with E-state index < -0.39 is 11.2 Å². The number of hydrogen-bond donors (Lipinski definition) is 3. The number of aromatic nitrogens is 2. The summed E-state index contributed by atoms with van der Waals surface area (Å²) in [7, 11) is 0. The van der Waals surface area contributed by atoms with Crippen molar-refractivity contribution in [1.29, 1.82) is 0 Å². The number of fused-ring (bicyclic) bond motifs is 1. The van der Waals surface area contributed by atoms with Crippen molar-refractivity contribution in [3.8, 4) is 5.88 Å². The lowest BCUT2D eigenvalue weighted by Gasteiger charge is -2.24.